The predicted molar refractivity (Wildman–Crippen MR) is 576 cm³/mol. The first-order valence-electron chi connectivity index (χ1n) is 46.3. The highest BCUT2D eigenvalue weighted by atomic mass is 32.1. The molecule has 16 aromatic carbocycles. The molecule has 0 bridgehead atoms. The standard InChI is InChI=1S/C32H15N5O.C32H15N5S.C31H16N4O.C30H17N3O/c2*1-35-23-7-10-31-27(15-23)26-14-22(6-9-30(26)38-31)21-3-2-4-24(13-21)37-29-8-5-19(16-33)11-25(29)28-12-20(17-34)18-36-32(28)37;32-16-19-8-10-28-25(12-19)27-13-20(17-33)18-34-31(27)35(28)23-5-3-4-21(14-23)22-9-11-30-26(15-22)24-6-1-2-7-29(24)36-30;31-18-19-10-12-27-25(15-19)24-8-4-14-32-30(24)33(27)22-6-3-5-20(16-22)21-11-13-29-26(17-21)23-7-1-2-9-28(23)34-29/h2*2-15,18H;1-15,18H;1-17H. The maximum Gasteiger partial charge on any atom is 0.188 e. The van der Waals surface area contributed by atoms with Gasteiger partial charge in [0.15, 0.2) is 11.4 Å². The molecule has 0 fully saturated rings. The highest BCUT2D eigenvalue weighted by Gasteiger charge is 2.24. The number of aromatic nitrogens is 8. The van der Waals surface area contributed by atoms with Crippen LogP contribution in [0.15, 0.2) is 396 Å². The normalized spacial score (nSPS) is 11.2. The third kappa shape index (κ3) is 14.7. The topological polar surface area (TPSA) is 286 Å². The van der Waals surface area contributed by atoms with Crippen LogP contribution in [-0.2, 0) is 0 Å². The van der Waals surface area contributed by atoms with Gasteiger partial charge in [0.25, 0.3) is 0 Å². The molecule has 0 saturated heterocycles. The molecule has 0 atom stereocenters. The second-order valence-electron chi connectivity index (χ2n) is 35.2. The molecule has 0 saturated carbocycles. The van der Waals surface area contributed by atoms with Gasteiger partial charge < -0.3 is 13.3 Å². The predicted octanol–water partition coefficient (Wildman–Crippen LogP) is 31.7. The highest BCUT2D eigenvalue weighted by Crippen LogP contribution is 2.45. The molecular weight excluding hydrogens is 1820 g/mol. The largest absolute Gasteiger partial charge is 0.456 e. The van der Waals surface area contributed by atoms with Gasteiger partial charge in [-0.15, -0.1) is 11.3 Å². The molecule has 0 spiro atoms. The molecule has 12 aromatic heterocycles. The van der Waals surface area contributed by atoms with E-state index in [-0.39, 0.29) is 0 Å². The Kier molecular flexibility index (Phi) is 20.7. The van der Waals surface area contributed by atoms with Gasteiger partial charge in [-0.05, 0) is 286 Å². The molecule has 0 aliphatic rings. The van der Waals surface area contributed by atoms with E-state index in [4.69, 9.17) is 26.4 Å². The summed E-state index contributed by atoms with van der Waals surface area (Å²) in [4.78, 5) is 25.8. The summed E-state index contributed by atoms with van der Waals surface area (Å²) in [6.07, 6.45) is 6.55. The zero-order valence-corrected chi connectivity index (χ0v) is 77.4. The zero-order chi connectivity index (χ0) is 98.5. The number of fused-ring (bicyclic) bond motifs is 24. The van der Waals surface area contributed by atoms with Crippen LogP contribution in [0.25, 0.3) is 251 Å². The van der Waals surface area contributed by atoms with Crippen molar-refractivity contribution < 1.29 is 13.3 Å². The van der Waals surface area contributed by atoms with Gasteiger partial charge in [-0.3, -0.25) is 18.3 Å². The van der Waals surface area contributed by atoms with E-state index in [1.54, 1.807) is 48.1 Å². The summed E-state index contributed by atoms with van der Waals surface area (Å²) in [5.41, 5.74) is 29.3. The minimum absolute atomic E-state index is 0.467. The molecule has 0 aliphatic carbocycles. The Balaban J connectivity index is 0.000000102. The van der Waals surface area contributed by atoms with Crippen molar-refractivity contribution in [2.45, 2.75) is 0 Å². The summed E-state index contributed by atoms with van der Waals surface area (Å²) in [5, 5.41) is 81.9. The molecule has 146 heavy (non-hydrogen) atoms. The van der Waals surface area contributed by atoms with E-state index in [1.807, 2.05) is 219 Å². The summed E-state index contributed by atoms with van der Waals surface area (Å²) < 4.78 is 28.8. The number of hydrogen-bond acceptors (Lipinski definition) is 15. The van der Waals surface area contributed by atoms with Crippen molar-refractivity contribution in [3.05, 3.63) is 444 Å². The molecule has 0 aliphatic heterocycles. The molecule has 21 heteroatoms. The van der Waals surface area contributed by atoms with Gasteiger partial charge in [-0.25, -0.2) is 29.6 Å². The smallest absolute Gasteiger partial charge is 0.188 e. The monoisotopic (exact) mass is 1880 g/mol. The quantitative estimate of drug-likeness (QED) is 0.128. The third-order valence-electron chi connectivity index (χ3n) is 26.9. The summed E-state index contributed by atoms with van der Waals surface area (Å²) in [7, 11) is 0. The Bertz CT molecular complexity index is 10400. The van der Waals surface area contributed by atoms with Crippen molar-refractivity contribution in [2.24, 2.45) is 0 Å². The zero-order valence-electron chi connectivity index (χ0n) is 76.6. The van der Waals surface area contributed by atoms with Gasteiger partial charge in [0.2, 0.25) is 0 Å². The van der Waals surface area contributed by atoms with Gasteiger partial charge in [0.1, 0.15) is 74.3 Å². The van der Waals surface area contributed by atoms with Gasteiger partial charge in [0.05, 0.1) is 98.4 Å². The number of hydrogen-bond donors (Lipinski definition) is 0. The number of thiophene rings is 1. The molecule has 12 heterocycles. The van der Waals surface area contributed by atoms with Crippen LogP contribution in [0.3, 0.4) is 0 Å². The Labute approximate surface area is 833 Å². The second-order valence-corrected chi connectivity index (χ2v) is 36.3. The lowest BCUT2D eigenvalue weighted by molar-refractivity contribution is 0.668. The maximum atomic E-state index is 9.47. The molecule has 28 rings (SSSR count). The van der Waals surface area contributed by atoms with Crippen LogP contribution in [0.5, 0.6) is 0 Å². The Morgan fingerprint density at radius 2 is 0.500 bits per heavy atom. The van der Waals surface area contributed by atoms with Crippen LogP contribution in [0.4, 0.5) is 11.4 Å². The Morgan fingerprint density at radius 3 is 0.877 bits per heavy atom. The summed E-state index contributed by atoms with van der Waals surface area (Å²) in [5.74, 6) is 0. The van der Waals surface area contributed by atoms with Crippen molar-refractivity contribution in [1.29, 1.82) is 36.8 Å². The third-order valence-corrected chi connectivity index (χ3v) is 28.1. The van der Waals surface area contributed by atoms with Crippen molar-refractivity contribution in [1.82, 2.24) is 38.2 Å². The second kappa shape index (κ2) is 35.1. The molecule has 0 N–H and O–H groups in total. The van der Waals surface area contributed by atoms with Gasteiger partial charge in [-0.1, -0.05) is 127 Å². The van der Waals surface area contributed by atoms with E-state index >= 15 is 0 Å². The number of nitriles is 7. The molecule has 672 valence electrons. The number of benzene rings is 16. The van der Waals surface area contributed by atoms with E-state index in [1.165, 1.54) is 9.40 Å². The van der Waals surface area contributed by atoms with Gasteiger partial charge in [-0.2, -0.15) is 36.8 Å². The maximum absolute atomic E-state index is 9.47. The van der Waals surface area contributed by atoms with E-state index in [0.29, 0.717) is 56.0 Å². The Hall–Kier alpha value is -21.6. The SMILES string of the molecule is N#Cc1ccc2c(c1)c1cc(C#N)cnc1n2-c1cccc(-c2ccc3oc4ccccc4c3c2)c1.N#Cc1ccc2c(c1)c1cccnc1n2-c1cccc(-c2ccc3oc4ccccc4c3c2)c1.[C-]#[N+]c1ccc2oc3ccc(-c4cccc(-n5c6ccc(C#N)cc6c6cc(C#N)cnc65)c4)cc3c2c1.[C-]#[N+]c1ccc2sc3ccc(-c4cccc(-n5c6ccc(C#N)cc6c6cc(C#N)cnc65)c4)cc3c2c1. The van der Waals surface area contributed by atoms with Crippen LogP contribution < -0.4 is 0 Å². The lowest BCUT2D eigenvalue weighted by Crippen LogP contribution is -1.96. The van der Waals surface area contributed by atoms with Crippen LogP contribution >= 0.6 is 11.3 Å². The van der Waals surface area contributed by atoms with E-state index in [2.05, 4.69) is 218 Å². The molecule has 28 aromatic rings. The molecular formula is C125H63N17O3S. The van der Waals surface area contributed by atoms with Crippen LogP contribution in [0, 0.1) is 92.5 Å². The van der Waals surface area contributed by atoms with E-state index in [0.717, 1.165) is 226 Å². The van der Waals surface area contributed by atoms with Crippen molar-refractivity contribution in [3.8, 4) is 110 Å². The number of para-hydroxylation sites is 2. The number of nitrogens with zero attached hydrogens (tertiary/aromatic N) is 17. The van der Waals surface area contributed by atoms with Crippen molar-refractivity contribution in [3.63, 3.8) is 0 Å². The molecule has 20 nitrogen and oxygen atoms in total. The lowest BCUT2D eigenvalue weighted by Gasteiger charge is -2.10. The average Bonchev–Trinajstić information content (AvgIpc) is 1.59. The van der Waals surface area contributed by atoms with E-state index < -0.39 is 0 Å². The summed E-state index contributed by atoms with van der Waals surface area (Å²) >= 11 is 1.73. The van der Waals surface area contributed by atoms with Crippen molar-refractivity contribution >= 4 is 196 Å². The fourth-order valence-electron chi connectivity index (χ4n) is 20.2. The molecule has 0 radical (unpaired) electrons. The number of pyridine rings is 4. The molecule has 0 amide bonds. The minimum atomic E-state index is 0.467. The van der Waals surface area contributed by atoms with Crippen molar-refractivity contribution in [2.75, 3.05) is 0 Å². The van der Waals surface area contributed by atoms with E-state index in [9.17, 15) is 36.8 Å². The van der Waals surface area contributed by atoms with Crippen LogP contribution in [0.1, 0.15) is 38.9 Å². The summed E-state index contributed by atoms with van der Waals surface area (Å²) in [6.45, 7) is 14.8. The van der Waals surface area contributed by atoms with Crippen LogP contribution in [-0.4, -0.2) is 38.2 Å². The fourth-order valence-corrected chi connectivity index (χ4v) is 21.2. The minimum Gasteiger partial charge on any atom is -0.456 e. The first kappa shape index (κ1) is 86.0. The molecule has 0 unspecified atom stereocenters. The lowest BCUT2D eigenvalue weighted by atomic mass is 10.0. The van der Waals surface area contributed by atoms with Gasteiger partial charge in [0, 0.05) is 132 Å². The number of rotatable bonds is 8. The highest BCUT2D eigenvalue weighted by molar-refractivity contribution is 7.25. The summed E-state index contributed by atoms with van der Waals surface area (Å²) in [6, 6.07) is 133. The average molecular weight is 1880 g/mol. The first-order chi connectivity index (χ1) is 71.8. The Morgan fingerprint density at radius 1 is 0.219 bits per heavy atom. The number of furan rings is 3. The van der Waals surface area contributed by atoms with Crippen LogP contribution in [0.2, 0.25) is 0 Å². The first-order valence-corrected chi connectivity index (χ1v) is 47.1. The van der Waals surface area contributed by atoms with Gasteiger partial charge >= 0.3 is 0 Å². The fraction of sp³-hybridized carbons (Fsp3) is 0.